The molecule has 1 heterocycles. The quantitative estimate of drug-likeness (QED) is 0.782. The molecule has 0 saturated carbocycles. The van der Waals surface area contributed by atoms with Gasteiger partial charge in [0.05, 0.1) is 32.4 Å². The van der Waals surface area contributed by atoms with Gasteiger partial charge in [0.15, 0.2) is 0 Å². The number of ether oxygens (including phenoxy) is 1. The van der Waals surface area contributed by atoms with Crippen LogP contribution in [0.1, 0.15) is 11.1 Å². The molecule has 1 aromatic carbocycles. The highest BCUT2D eigenvalue weighted by molar-refractivity contribution is 5.42. The van der Waals surface area contributed by atoms with E-state index >= 15 is 0 Å². The van der Waals surface area contributed by atoms with E-state index in [1.54, 1.807) is 6.07 Å². The second kappa shape index (κ2) is 7.36. The van der Waals surface area contributed by atoms with Gasteiger partial charge in [-0.1, -0.05) is 17.9 Å². The zero-order valence-corrected chi connectivity index (χ0v) is 11.3. The van der Waals surface area contributed by atoms with Gasteiger partial charge < -0.3 is 15.6 Å². The van der Waals surface area contributed by atoms with Crippen molar-refractivity contribution < 1.29 is 14.2 Å². The van der Waals surface area contributed by atoms with E-state index in [0.29, 0.717) is 25.3 Å². The van der Waals surface area contributed by atoms with E-state index in [4.69, 9.17) is 10.5 Å². The van der Waals surface area contributed by atoms with Crippen molar-refractivity contribution in [2.45, 2.75) is 12.6 Å². The molecule has 1 unspecified atom stereocenters. The monoisotopic (exact) mass is 278 g/mol. The van der Waals surface area contributed by atoms with Crippen molar-refractivity contribution in [1.29, 1.82) is 0 Å². The first-order chi connectivity index (χ1) is 9.74. The molecule has 0 spiro atoms. The largest absolute Gasteiger partial charge is 0.395 e. The molecule has 3 N–H and O–H groups in total. The summed E-state index contributed by atoms with van der Waals surface area (Å²) in [6.07, 6.45) is 0. The number of aliphatic hydroxyl groups is 1. The maximum absolute atomic E-state index is 13.3. The lowest BCUT2D eigenvalue weighted by atomic mass is 10.1. The summed E-state index contributed by atoms with van der Waals surface area (Å²) < 4.78 is 18.7. The first kappa shape index (κ1) is 14.9. The van der Waals surface area contributed by atoms with E-state index in [9.17, 15) is 9.50 Å². The van der Waals surface area contributed by atoms with Crippen molar-refractivity contribution in [2.24, 2.45) is 5.73 Å². The van der Waals surface area contributed by atoms with Gasteiger partial charge >= 0.3 is 0 Å². The van der Waals surface area contributed by atoms with E-state index in [-0.39, 0.29) is 25.0 Å². The van der Waals surface area contributed by atoms with Crippen molar-refractivity contribution >= 4 is 0 Å². The van der Waals surface area contributed by atoms with Crippen molar-refractivity contribution in [3.05, 3.63) is 35.1 Å². The average Bonchev–Trinajstić information content (AvgIpc) is 2.48. The number of halogens is 1. The van der Waals surface area contributed by atoms with E-state index in [0.717, 1.165) is 12.1 Å². The molecular weight excluding hydrogens is 259 g/mol. The van der Waals surface area contributed by atoms with Crippen molar-refractivity contribution in [1.82, 2.24) is 4.90 Å². The lowest BCUT2D eigenvalue weighted by molar-refractivity contribution is -0.0313. The Bertz CT molecular complexity index is 510. The second-order valence-corrected chi connectivity index (χ2v) is 4.69. The van der Waals surface area contributed by atoms with Gasteiger partial charge in [-0.05, 0) is 17.7 Å². The Labute approximate surface area is 118 Å². The van der Waals surface area contributed by atoms with Crippen molar-refractivity contribution in [2.75, 3.05) is 32.9 Å². The third kappa shape index (κ3) is 3.78. The van der Waals surface area contributed by atoms with Crippen LogP contribution >= 0.6 is 0 Å². The number of hydrogen-bond donors (Lipinski definition) is 2. The number of aliphatic hydroxyl groups excluding tert-OH is 1. The van der Waals surface area contributed by atoms with Crippen LogP contribution in [0.25, 0.3) is 0 Å². The van der Waals surface area contributed by atoms with Crippen LogP contribution in [-0.4, -0.2) is 49.0 Å². The third-order valence-corrected chi connectivity index (χ3v) is 3.33. The highest BCUT2D eigenvalue weighted by Crippen LogP contribution is 2.16. The van der Waals surface area contributed by atoms with Crippen LogP contribution in [-0.2, 0) is 11.3 Å². The summed E-state index contributed by atoms with van der Waals surface area (Å²) in [5.41, 5.74) is 6.95. The Morgan fingerprint density at radius 2 is 2.35 bits per heavy atom. The van der Waals surface area contributed by atoms with E-state index < -0.39 is 0 Å². The first-order valence-corrected chi connectivity index (χ1v) is 6.64. The van der Waals surface area contributed by atoms with Crippen LogP contribution in [0.5, 0.6) is 0 Å². The molecule has 1 aliphatic rings. The molecule has 20 heavy (non-hydrogen) atoms. The summed E-state index contributed by atoms with van der Waals surface area (Å²) in [6.45, 7) is 2.80. The number of benzene rings is 1. The van der Waals surface area contributed by atoms with Gasteiger partial charge in [-0.15, -0.1) is 0 Å². The molecule has 1 aromatic rings. The van der Waals surface area contributed by atoms with Crippen LogP contribution in [0.15, 0.2) is 18.2 Å². The highest BCUT2D eigenvalue weighted by Gasteiger charge is 2.22. The van der Waals surface area contributed by atoms with E-state index in [1.807, 2.05) is 0 Å². The van der Waals surface area contributed by atoms with Gasteiger partial charge in [-0.2, -0.15) is 0 Å². The molecule has 1 aliphatic heterocycles. The summed E-state index contributed by atoms with van der Waals surface area (Å²) in [4.78, 5) is 2.13. The molecule has 108 valence electrons. The minimum Gasteiger partial charge on any atom is -0.395 e. The molecule has 0 amide bonds. The van der Waals surface area contributed by atoms with E-state index in [1.165, 1.54) is 12.1 Å². The number of morpholine rings is 1. The minimum absolute atomic E-state index is 0.0240. The zero-order chi connectivity index (χ0) is 14.4. The highest BCUT2D eigenvalue weighted by atomic mass is 19.1. The Morgan fingerprint density at radius 3 is 3.10 bits per heavy atom. The van der Waals surface area contributed by atoms with Gasteiger partial charge in [0.1, 0.15) is 5.82 Å². The fourth-order valence-corrected chi connectivity index (χ4v) is 2.23. The maximum Gasteiger partial charge on any atom is 0.124 e. The Kier molecular flexibility index (Phi) is 5.50. The molecular formula is C15H19FN2O2. The maximum atomic E-state index is 13.3. The normalized spacial score (nSPS) is 19.4. The van der Waals surface area contributed by atoms with Gasteiger partial charge in [0.25, 0.3) is 0 Å². The summed E-state index contributed by atoms with van der Waals surface area (Å²) in [5.74, 6) is 5.34. The van der Waals surface area contributed by atoms with Crippen molar-refractivity contribution in [3.63, 3.8) is 0 Å². The molecule has 1 saturated heterocycles. The molecule has 5 heteroatoms. The average molecular weight is 278 g/mol. The predicted molar refractivity (Wildman–Crippen MR) is 74.4 cm³/mol. The Balaban J connectivity index is 2.19. The third-order valence-electron chi connectivity index (χ3n) is 3.33. The Hall–Kier alpha value is -1.45. The number of nitrogens with two attached hydrogens (primary N) is 1. The topological polar surface area (TPSA) is 58.7 Å². The van der Waals surface area contributed by atoms with Crippen LogP contribution in [0.4, 0.5) is 4.39 Å². The number of rotatable bonds is 3. The summed E-state index contributed by atoms with van der Waals surface area (Å²) in [7, 11) is 0. The lowest BCUT2D eigenvalue weighted by Crippen LogP contribution is -2.46. The molecule has 1 fully saturated rings. The lowest BCUT2D eigenvalue weighted by Gasteiger charge is -2.34. The molecule has 0 aliphatic carbocycles. The Morgan fingerprint density at radius 1 is 1.50 bits per heavy atom. The van der Waals surface area contributed by atoms with Gasteiger partial charge in [0.2, 0.25) is 0 Å². The summed E-state index contributed by atoms with van der Waals surface area (Å²) in [6, 6.07) is 4.56. The number of hydrogen-bond acceptors (Lipinski definition) is 4. The standard InChI is InChI=1S/C15H19FN2O2/c16-14-4-3-13(12(8-14)2-1-5-17)9-18-6-7-20-11-15(18)10-19/h3-4,8,15,19H,5-7,9-11,17H2. The number of nitrogens with zero attached hydrogens (tertiary/aromatic N) is 1. The summed E-state index contributed by atoms with van der Waals surface area (Å²) >= 11 is 0. The SMILES string of the molecule is NCC#Cc1cc(F)ccc1CN1CCOCC1CO. The molecule has 0 aromatic heterocycles. The van der Waals surface area contributed by atoms with E-state index in [2.05, 4.69) is 16.7 Å². The van der Waals surface area contributed by atoms with Gasteiger partial charge in [0, 0.05) is 18.7 Å². The van der Waals surface area contributed by atoms with Crippen LogP contribution in [0, 0.1) is 17.7 Å². The molecule has 1 atom stereocenters. The predicted octanol–water partition coefficient (Wildman–Crippen LogP) is 0.329. The van der Waals surface area contributed by atoms with Crippen molar-refractivity contribution in [3.8, 4) is 11.8 Å². The fourth-order valence-electron chi connectivity index (χ4n) is 2.23. The van der Waals surface area contributed by atoms with Crippen LogP contribution in [0.3, 0.4) is 0 Å². The fraction of sp³-hybridized carbons (Fsp3) is 0.467. The first-order valence-electron chi connectivity index (χ1n) is 6.64. The minimum atomic E-state index is -0.309. The molecule has 4 nitrogen and oxygen atoms in total. The smallest absolute Gasteiger partial charge is 0.124 e. The summed E-state index contributed by atoms with van der Waals surface area (Å²) in [5, 5.41) is 9.37. The van der Waals surface area contributed by atoms with Gasteiger partial charge in [-0.25, -0.2) is 4.39 Å². The zero-order valence-electron chi connectivity index (χ0n) is 11.3. The van der Waals surface area contributed by atoms with Crippen LogP contribution < -0.4 is 5.73 Å². The van der Waals surface area contributed by atoms with Crippen LogP contribution in [0.2, 0.25) is 0 Å². The second-order valence-electron chi connectivity index (χ2n) is 4.69. The van der Waals surface area contributed by atoms with Gasteiger partial charge in [-0.3, -0.25) is 4.90 Å². The molecule has 0 radical (unpaired) electrons. The molecule has 2 rings (SSSR count). The molecule has 0 bridgehead atoms.